The normalized spacial score (nSPS) is 20.9. The zero-order valence-electron chi connectivity index (χ0n) is 13.3. The molecule has 0 N–H and O–H groups in total. The van der Waals surface area contributed by atoms with E-state index in [1.54, 1.807) is 24.3 Å². The Balaban J connectivity index is 1.83. The summed E-state index contributed by atoms with van der Waals surface area (Å²) >= 11 is 0. The highest BCUT2D eigenvalue weighted by Gasteiger charge is 2.60. The first-order valence-electron chi connectivity index (χ1n) is 7.90. The fraction of sp³-hybridized carbons (Fsp3) is 0.389. The molecule has 2 aromatic carbocycles. The van der Waals surface area contributed by atoms with Gasteiger partial charge in [-0.25, -0.2) is 0 Å². The molecule has 0 radical (unpaired) electrons. The van der Waals surface area contributed by atoms with Gasteiger partial charge in [0.2, 0.25) is 0 Å². The van der Waals surface area contributed by atoms with Gasteiger partial charge in [0.05, 0.1) is 5.92 Å². The Labute approximate surface area is 144 Å². The summed E-state index contributed by atoms with van der Waals surface area (Å²) in [6, 6.07) is 12.6. The summed E-state index contributed by atoms with van der Waals surface area (Å²) in [7, 11) is 0. The largest absolute Gasteiger partial charge is 0.443 e. The number of alkyl halides is 6. The molecule has 1 aliphatic rings. The molecule has 140 valence electrons. The molecule has 3 rings (SSSR count). The summed E-state index contributed by atoms with van der Waals surface area (Å²) in [5.74, 6) is -2.95. The third-order valence-corrected chi connectivity index (χ3v) is 4.63. The smallest absolute Gasteiger partial charge is 0.434 e. The molecule has 1 fully saturated rings. The summed E-state index contributed by atoms with van der Waals surface area (Å²) in [5, 5.41) is 1.70. The van der Waals surface area contributed by atoms with Crippen molar-refractivity contribution >= 4 is 16.7 Å². The lowest BCUT2D eigenvalue weighted by molar-refractivity contribution is -0.315. The van der Waals surface area contributed by atoms with Crippen LogP contribution in [-0.4, -0.2) is 24.4 Å². The number of carbonyl (C=O) groups excluding carboxylic acids is 1. The second-order valence-electron chi connectivity index (χ2n) is 6.26. The van der Waals surface area contributed by atoms with Crippen molar-refractivity contribution in [1.82, 2.24) is 0 Å². The average Bonchev–Trinajstić information content (AvgIpc) is 2.50. The van der Waals surface area contributed by atoms with E-state index in [4.69, 9.17) is 0 Å². The number of ether oxygens (including phenoxy) is 1. The molecule has 0 unspecified atom stereocenters. The predicted octanol–water partition coefficient (Wildman–Crippen LogP) is 5.37. The maximum Gasteiger partial charge on any atom is 0.434 e. The second kappa shape index (κ2) is 6.48. The highest BCUT2D eigenvalue weighted by molar-refractivity contribution is 5.87. The van der Waals surface area contributed by atoms with Crippen LogP contribution in [0.15, 0.2) is 42.5 Å². The number of fused-ring (bicyclic) bond motifs is 1. The Morgan fingerprint density at radius 3 is 2.12 bits per heavy atom. The van der Waals surface area contributed by atoms with Crippen LogP contribution in [0.1, 0.15) is 24.3 Å². The fourth-order valence-corrected chi connectivity index (χ4v) is 3.25. The van der Waals surface area contributed by atoms with E-state index in [1.807, 2.05) is 18.2 Å². The first-order chi connectivity index (χ1) is 12.1. The van der Waals surface area contributed by atoms with Crippen LogP contribution in [0, 0.1) is 5.92 Å². The first kappa shape index (κ1) is 18.5. The zero-order chi connectivity index (χ0) is 19.1. The predicted molar refractivity (Wildman–Crippen MR) is 81.4 cm³/mol. The van der Waals surface area contributed by atoms with Gasteiger partial charge in [0.25, 0.3) is 6.10 Å². The zero-order valence-corrected chi connectivity index (χ0v) is 13.3. The number of hydrogen-bond donors (Lipinski definition) is 0. The van der Waals surface area contributed by atoms with Crippen molar-refractivity contribution in [3.63, 3.8) is 0 Å². The van der Waals surface area contributed by atoms with Gasteiger partial charge < -0.3 is 4.74 Å². The number of benzene rings is 2. The van der Waals surface area contributed by atoms with Gasteiger partial charge >= 0.3 is 18.3 Å². The van der Waals surface area contributed by atoms with Crippen molar-refractivity contribution in [2.75, 3.05) is 0 Å². The van der Waals surface area contributed by atoms with Crippen LogP contribution in [0.2, 0.25) is 0 Å². The van der Waals surface area contributed by atoms with E-state index in [1.165, 1.54) is 0 Å². The highest BCUT2D eigenvalue weighted by atomic mass is 19.4. The van der Waals surface area contributed by atoms with E-state index in [0.29, 0.717) is 6.42 Å². The Morgan fingerprint density at radius 1 is 0.923 bits per heavy atom. The fourth-order valence-electron chi connectivity index (χ4n) is 3.25. The average molecular weight is 376 g/mol. The summed E-state index contributed by atoms with van der Waals surface area (Å²) in [4.78, 5) is 12.0. The molecule has 0 saturated heterocycles. The Hall–Kier alpha value is -2.25. The van der Waals surface area contributed by atoms with E-state index in [2.05, 4.69) is 4.74 Å². The van der Waals surface area contributed by atoms with E-state index in [0.717, 1.165) is 16.3 Å². The van der Waals surface area contributed by atoms with Crippen molar-refractivity contribution < 1.29 is 35.9 Å². The van der Waals surface area contributed by atoms with Crippen LogP contribution in [0.5, 0.6) is 0 Å². The molecule has 8 heteroatoms. The van der Waals surface area contributed by atoms with Crippen LogP contribution >= 0.6 is 0 Å². The van der Waals surface area contributed by atoms with E-state index >= 15 is 0 Å². The topological polar surface area (TPSA) is 26.3 Å². The van der Waals surface area contributed by atoms with Crippen LogP contribution in [0.4, 0.5) is 26.3 Å². The van der Waals surface area contributed by atoms with Crippen LogP contribution in [0.25, 0.3) is 10.8 Å². The molecular weight excluding hydrogens is 362 g/mol. The van der Waals surface area contributed by atoms with E-state index < -0.39 is 36.3 Å². The third kappa shape index (κ3) is 3.50. The van der Waals surface area contributed by atoms with Gasteiger partial charge in [-0.3, -0.25) is 4.79 Å². The molecule has 0 heterocycles. The van der Waals surface area contributed by atoms with Gasteiger partial charge in [-0.15, -0.1) is 0 Å². The van der Waals surface area contributed by atoms with Crippen molar-refractivity contribution in [2.45, 2.75) is 37.2 Å². The summed E-state index contributed by atoms with van der Waals surface area (Å²) in [6.07, 6.45) is -14.8. The second-order valence-corrected chi connectivity index (χ2v) is 6.26. The minimum absolute atomic E-state index is 0.190. The lowest BCUT2D eigenvalue weighted by Gasteiger charge is -2.37. The first-order valence-corrected chi connectivity index (χ1v) is 7.90. The Kier molecular flexibility index (Phi) is 4.62. The number of hydrogen-bond acceptors (Lipinski definition) is 2. The Bertz CT molecular complexity index is 792. The maximum atomic E-state index is 12.6. The van der Waals surface area contributed by atoms with E-state index in [9.17, 15) is 31.1 Å². The molecule has 0 aliphatic heterocycles. The molecule has 1 saturated carbocycles. The molecule has 26 heavy (non-hydrogen) atoms. The molecule has 1 aliphatic carbocycles. The molecule has 2 nitrogen and oxygen atoms in total. The van der Waals surface area contributed by atoms with Gasteiger partial charge in [-0.05, 0) is 35.1 Å². The number of rotatable bonds is 3. The monoisotopic (exact) mass is 376 g/mol. The van der Waals surface area contributed by atoms with Gasteiger partial charge in [0.15, 0.2) is 0 Å². The van der Waals surface area contributed by atoms with E-state index in [-0.39, 0.29) is 6.42 Å². The van der Waals surface area contributed by atoms with Gasteiger partial charge in [0, 0.05) is 0 Å². The number of halogens is 6. The Morgan fingerprint density at radius 2 is 1.54 bits per heavy atom. The molecule has 0 aromatic heterocycles. The molecule has 2 aromatic rings. The van der Waals surface area contributed by atoms with Gasteiger partial charge in [-0.2, -0.15) is 26.3 Å². The minimum atomic E-state index is -5.70. The SMILES string of the molecule is O=C(OC(C(F)(F)F)C(F)(F)F)[C@@H]1CC[C@H]1c1cccc2ccccc12. The molecule has 0 spiro atoms. The van der Waals surface area contributed by atoms with Crippen LogP contribution in [-0.2, 0) is 9.53 Å². The number of esters is 1. The molecule has 0 bridgehead atoms. The summed E-state index contributed by atoms with van der Waals surface area (Å²) in [5.41, 5.74) is 0.729. The van der Waals surface area contributed by atoms with Crippen LogP contribution in [0.3, 0.4) is 0 Å². The van der Waals surface area contributed by atoms with Crippen LogP contribution < -0.4 is 0 Å². The van der Waals surface area contributed by atoms with Crippen molar-refractivity contribution in [1.29, 1.82) is 0 Å². The highest BCUT2D eigenvalue weighted by Crippen LogP contribution is 2.46. The summed E-state index contributed by atoms with van der Waals surface area (Å²) < 4.78 is 79.4. The lowest BCUT2D eigenvalue weighted by Crippen LogP contribution is -2.47. The standard InChI is InChI=1S/C18H14F6O2/c19-17(20,21)16(18(22,23)24)26-15(25)14-9-8-13(14)12-7-3-5-10-4-1-2-6-11(10)12/h1-7,13-14,16H,8-9H2/t13-,14+/m0/s1. The lowest BCUT2D eigenvalue weighted by atomic mass is 9.69. The van der Waals surface area contributed by atoms with Crippen molar-refractivity contribution in [2.24, 2.45) is 5.92 Å². The van der Waals surface area contributed by atoms with Crippen molar-refractivity contribution in [3.05, 3.63) is 48.0 Å². The maximum absolute atomic E-state index is 12.6. The van der Waals surface area contributed by atoms with Gasteiger partial charge in [-0.1, -0.05) is 42.5 Å². The summed E-state index contributed by atoms with van der Waals surface area (Å²) in [6.45, 7) is 0. The van der Waals surface area contributed by atoms with Crippen molar-refractivity contribution in [3.8, 4) is 0 Å². The number of carbonyl (C=O) groups is 1. The molecule has 2 atom stereocenters. The molecular formula is C18H14F6O2. The minimum Gasteiger partial charge on any atom is -0.443 e. The third-order valence-electron chi connectivity index (χ3n) is 4.63. The molecule has 0 amide bonds. The van der Waals surface area contributed by atoms with Gasteiger partial charge in [0.1, 0.15) is 0 Å². The quantitative estimate of drug-likeness (QED) is 0.532.